The standard InChI is InChI=1S/C13H16FNO/c1-8-6-10(14)3-5-12(8)13(16)9-2-4-11(15)7-9/h3,5-6,9,11H,2,4,7,15H2,1H3. The summed E-state index contributed by atoms with van der Waals surface area (Å²) in [5, 5.41) is 0. The zero-order valence-electron chi connectivity index (χ0n) is 9.37. The van der Waals surface area contributed by atoms with Crippen molar-refractivity contribution in [2.24, 2.45) is 11.7 Å². The number of benzene rings is 1. The molecule has 0 aliphatic heterocycles. The van der Waals surface area contributed by atoms with E-state index in [0.717, 1.165) is 19.3 Å². The lowest BCUT2D eigenvalue weighted by Gasteiger charge is -2.10. The van der Waals surface area contributed by atoms with Crippen LogP contribution in [-0.4, -0.2) is 11.8 Å². The Balaban J connectivity index is 2.21. The van der Waals surface area contributed by atoms with Gasteiger partial charge in [0.15, 0.2) is 5.78 Å². The van der Waals surface area contributed by atoms with Gasteiger partial charge in [-0.05, 0) is 49.9 Å². The van der Waals surface area contributed by atoms with Crippen molar-refractivity contribution in [3.8, 4) is 0 Å². The predicted molar refractivity (Wildman–Crippen MR) is 60.8 cm³/mol. The van der Waals surface area contributed by atoms with Crippen LogP contribution in [0.4, 0.5) is 4.39 Å². The van der Waals surface area contributed by atoms with E-state index in [1.165, 1.54) is 12.1 Å². The summed E-state index contributed by atoms with van der Waals surface area (Å²) in [6, 6.07) is 4.48. The van der Waals surface area contributed by atoms with E-state index in [1.54, 1.807) is 13.0 Å². The second kappa shape index (κ2) is 4.34. The fourth-order valence-electron chi connectivity index (χ4n) is 2.38. The number of Topliss-reactive ketones (excluding diaryl/α,β-unsaturated/α-hetero) is 1. The molecule has 1 saturated carbocycles. The lowest BCUT2D eigenvalue weighted by molar-refractivity contribution is 0.0921. The maximum atomic E-state index is 12.9. The van der Waals surface area contributed by atoms with Gasteiger partial charge in [-0.1, -0.05) is 0 Å². The number of hydrogen-bond acceptors (Lipinski definition) is 2. The van der Waals surface area contributed by atoms with Gasteiger partial charge in [0, 0.05) is 17.5 Å². The molecule has 0 radical (unpaired) electrons. The van der Waals surface area contributed by atoms with E-state index in [4.69, 9.17) is 5.73 Å². The number of hydrogen-bond donors (Lipinski definition) is 1. The van der Waals surface area contributed by atoms with Crippen molar-refractivity contribution in [1.29, 1.82) is 0 Å². The number of aryl methyl sites for hydroxylation is 1. The molecule has 0 saturated heterocycles. The minimum atomic E-state index is -0.294. The third kappa shape index (κ3) is 2.14. The fourth-order valence-corrected chi connectivity index (χ4v) is 2.38. The molecule has 0 heterocycles. The molecule has 1 aromatic carbocycles. The van der Waals surface area contributed by atoms with Crippen LogP contribution in [0.5, 0.6) is 0 Å². The molecular weight excluding hydrogens is 205 g/mol. The molecule has 0 spiro atoms. The highest BCUT2D eigenvalue weighted by Crippen LogP contribution is 2.28. The topological polar surface area (TPSA) is 43.1 Å². The number of nitrogens with two attached hydrogens (primary N) is 1. The molecule has 2 nitrogen and oxygen atoms in total. The molecule has 1 aliphatic carbocycles. The number of carbonyl (C=O) groups is 1. The zero-order valence-corrected chi connectivity index (χ0v) is 9.37. The van der Waals surface area contributed by atoms with E-state index in [-0.39, 0.29) is 23.6 Å². The van der Waals surface area contributed by atoms with Gasteiger partial charge in [0.2, 0.25) is 0 Å². The van der Waals surface area contributed by atoms with E-state index in [2.05, 4.69) is 0 Å². The molecule has 2 rings (SSSR count). The van der Waals surface area contributed by atoms with Crippen LogP contribution >= 0.6 is 0 Å². The van der Waals surface area contributed by atoms with Gasteiger partial charge in [-0.2, -0.15) is 0 Å². The van der Waals surface area contributed by atoms with Crippen molar-refractivity contribution in [1.82, 2.24) is 0 Å². The molecular formula is C13H16FNO. The molecule has 3 heteroatoms. The second-order valence-corrected chi connectivity index (χ2v) is 4.59. The molecule has 2 N–H and O–H groups in total. The molecule has 0 bridgehead atoms. The maximum Gasteiger partial charge on any atom is 0.166 e. The molecule has 2 atom stereocenters. The van der Waals surface area contributed by atoms with Gasteiger partial charge in [-0.3, -0.25) is 4.79 Å². The third-order valence-corrected chi connectivity index (χ3v) is 3.30. The van der Waals surface area contributed by atoms with E-state index in [0.29, 0.717) is 11.1 Å². The Kier molecular flexibility index (Phi) is 3.06. The highest BCUT2D eigenvalue weighted by Gasteiger charge is 2.29. The summed E-state index contributed by atoms with van der Waals surface area (Å²) in [6.45, 7) is 1.77. The van der Waals surface area contributed by atoms with Crippen molar-refractivity contribution < 1.29 is 9.18 Å². The monoisotopic (exact) mass is 221 g/mol. The Morgan fingerprint density at radius 3 is 2.75 bits per heavy atom. The Hall–Kier alpha value is -1.22. The Morgan fingerprint density at radius 2 is 2.19 bits per heavy atom. The average Bonchev–Trinajstić information content (AvgIpc) is 2.64. The molecule has 1 aliphatic rings. The summed E-state index contributed by atoms with van der Waals surface area (Å²) < 4.78 is 12.9. The van der Waals surface area contributed by atoms with Crippen LogP contribution in [0.15, 0.2) is 18.2 Å². The molecule has 0 aromatic heterocycles. The lowest BCUT2D eigenvalue weighted by atomic mass is 9.93. The lowest BCUT2D eigenvalue weighted by Crippen LogP contribution is -2.18. The van der Waals surface area contributed by atoms with Gasteiger partial charge >= 0.3 is 0 Å². The summed E-state index contributed by atoms with van der Waals surface area (Å²) >= 11 is 0. The van der Waals surface area contributed by atoms with Crippen LogP contribution in [0.3, 0.4) is 0 Å². The summed E-state index contributed by atoms with van der Waals surface area (Å²) in [7, 11) is 0. The Bertz CT molecular complexity index is 416. The third-order valence-electron chi connectivity index (χ3n) is 3.30. The molecule has 16 heavy (non-hydrogen) atoms. The van der Waals surface area contributed by atoms with E-state index in [9.17, 15) is 9.18 Å². The quantitative estimate of drug-likeness (QED) is 0.779. The Labute approximate surface area is 94.6 Å². The highest BCUT2D eigenvalue weighted by molar-refractivity contribution is 5.99. The number of halogens is 1. The van der Waals surface area contributed by atoms with Crippen LogP contribution < -0.4 is 5.73 Å². The minimum absolute atomic E-state index is 0.0270. The molecule has 1 fully saturated rings. The van der Waals surface area contributed by atoms with Gasteiger partial charge in [-0.15, -0.1) is 0 Å². The summed E-state index contributed by atoms with van der Waals surface area (Å²) in [4.78, 5) is 12.1. The van der Waals surface area contributed by atoms with Crippen molar-refractivity contribution in [2.75, 3.05) is 0 Å². The number of rotatable bonds is 2. The molecule has 1 aromatic rings. The van der Waals surface area contributed by atoms with Gasteiger partial charge in [0.05, 0.1) is 0 Å². The van der Waals surface area contributed by atoms with Crippen LogP contribution in [0.2, 0.25) is 0 Å². The van der Waals surface area contributed by atoms with E-state index in [1.807, 2.05) is 0 Å². The SMILES string of the molecule is Cc1cc(F)ccc1C(=O)C1CCC(N)C1. The van der Waals surface area contributed by atoms with E-state index >= 15 is 0 Å². The maximum absolute atomic E-state index is 12.9. The predicted octanol–water partition coefficient (Wildman–Crippen LogP) is 2.44. The van der Waals surface area contributed by atoms with Crippen molar-refractivity contribution >= 4 is 5.78 Å². The highest BCUT2D eigenvalue weighted by atomic mass is 19.1. The van der Waals surface area contributed by atoms with Crippen LogP contribution in [0, 0.1) is 18.7 Å². The first-order chi connectivity index (χ1) is 7.58. The first-order valence-corrected chi connectivity index (χ1v) is 5.64. The van der Waals surface area contributed by atoms with Crippen LogP contribution in [0.1, 0.15) is 35.2 Å². The van der Waals surface area contributed by atoms with Crippen LogP contribution in [-0.2, 0) is 0 Å². The van der Waals surface area contributed by atoms with Gasteiger partial charge in [-0.25, -0.2) is 4.39 Å². The fraction of sp³-hybridized carbons (Fsp3) is 0.462. The summed E-state index contributed by atoms with van der Waals surface area (Å²) in [5.74, 6) is -0.151. The second-order valence-electron chi connectivity index (χ2n) is 4.59. The smallest absolute Gasteiger partial charge is 0.166 e. The van der Waals surface area contributed by atoms with Crippen molar-refractivity contribution in [3.05, 3.63) is 35.1 Å². The first kappa shape index (κ1) is 11.3. The average molecular weight is 221 g/mol. The minimum Gasteiger partial charge on any atom is -0.328 e. The molecule has 0 amide bonds. The summed E-state index contributed by atoms with van der Waals surface area (Å²) in [5.41, 5.74) is 7.14. The van der Waals surface area contributed by atoms with Crippen molar-refractivity contribution in [3.63, 3.8) is 0 Å². The molecule has 86 valence electrons. The molecule has 2 unspecified atom stereocenters. The largest absolute Gasteiger partial charge is 0.328 e. The summed E-state index contributed by atoms with van der Waals surface area (Å²) in [6.07, 6.45) is 2.53. The normalized spacial score (nSPS) is 24.7. The first-order valence-electron chi connectivity index (χ1n) is 5.64. The van der Waals surface area contributed by atoms with Crippen molar-refractivity contribution in [2.45, 2.75) is 32.2 Å². The van der Waals surface area contributed by atoms with Crippen LogP contribution in [0.25, 0.3) is 0 Å². The van der Waals surface area contributed by atoms with E-state index < -0.39 is 0 Å². The number of carbonyl (C=O) groups excluding carboxylic acids is 1. The number of ketones is 1. The van der Waals surface area contributed by atoms with Gasteiger partial charge in [0.1, 0.15) is 5.82 Å². The van der Waals surface area contributed by atoms with Gasteiger partial charge < -0.3 is 5.73 Å². The zero-order chi connectivity index (χ0) is 11.7. The Morgan fingerprint density at radius 1 is 1.44 bits per heavy atom. The van der Waals surface area contributed by atoms with Gasteiger partial charge in [0.25, 0.3) is 0 Å².